The van der Waals surface area contributed by atoms with Gasteiger partial charge in [-0.25, -0.2) is 15.0 Å². The Labute approximate surface area is 331 Å². The summed E-state index contributed by atoms with van der Waals surface area (Å²) in [6.45, 7) is 4.83. The molecule has 0 unspecified atom stereocenters. The summed E-state index contributed by atoms with van der Waals surface area (Å²) in [6, 6.07) is 60.2. The molecule has 268 valence electrons. The van der Waals surface area contributed by atoms with E-state index in [9.17, 15) is 10.5 Å². The molecule has 8 heteroatoms. The van der Waals surface area contributed by atoms with Crippen molar-refractivity contribution in [2.45, 2.75) is 13.1 Å². The summed E-state index contributed by atoms with van der Waals surface area (Å²) in [4.78, 5) is 17.0. The molecule has 0 N–H and O–H groups in total. The average molecular weight is 748 g/mol. The van der Waals surface area contributed by atoms with Crippen molar-refractivity contribution in [2.75, 3.05) is 4.90 Å². The van der Waals surface area contributed by atoms with E-state index >= 15 is 0 Å². The van der Waals surface area contributed by atoms with Gasteiger partial charge in [0.2, 0.25) is 0 Å². The minimum Gasteiger partial charge on any atom is -0.311 e. The Hall–Kier alpha value is -7.65. The van der Waals surface area contributed by atoms with Gasteiger partial charge in [-0.3, -0.25) is 0 Å². The molecular formula is C49H33N7Si. The Morgan fingerprint density at radius 1 is 0.474 bits per heavy atom. The third kappa shape index (κ3) is 5.43. The lowest BCUT2D eigenvalue weighted by Crippen LogP contribution is -2.58. The molecule has 1 aliphatic heterocycles. The van der Waals surface area contributed by atoms with Crippen LogP contribution < -0.4 is 15.3 Å². The molecule has 0 bridgehead atoms. The molecule has 57 heavy (non-hydrogen) atoms. The molecule has 0 saturated carbocycles. The van der Waals surface area contributed by atoms with Crippen molar-refractivity contribution < 1.29 is 0 Å². The van der Waals surface area contributed by atoms with Gasteiger partial charge in [0.1, 0.15) is 14.1 Å². The number of nitrogens with zero attached hydrogens (tertiary/aromatic N) is 7. The lowest BCUT2D eigenvalue weighted by molar-refractivity contribution is 1.07. The maximum absolute atomic E-state index is 10.9. The standard InChI is InChI=1S/C49H33N7Si/c1-57(2)45-25-15-14-24-41(45)55(36-20-10-5-11-21-36)44-28-39-37-22-12-13-23-40(37)56(43(39)29-46(44)57)42-27-34(30-50)38(26-35(42)31-51)49-53-47(32-16-6-3-7-17-32)52-48(54-49)33-18-8-4-9-19-33/h3-29H,1-2H3. The van der Waals surface area contributed by atoms with E-state index in [4.69, 9.17) is 15.0 Å². The molecule has 0 spiro atoms. The minimum atomic E-state index is -2.25. The van der Waals surface area contributed by atoms with Crippen molar-refractivity contribution in [3.8, 4) is 52.0 Å². The summed E-state index contributed by atoms with van der Waals surface area (Å²) in [5.41, 5.74) is 8.90. The maximum Gasteiger partial charge on any atom is 0.165 e. The van der Waals surface area contributed by atoms with Gasteiger partial charge in [0.25, 0.3) is 0 Å². The highest BCUT2D eigenvalue weighted by molar-refractivity contribution is 7.02. The average Bonchev–Trinajstić information content (AvgIpc) is 3.59. The van der Waals surface area contributed by atoms with E-state index in [-0.39, 0.29) is 0 Å². The van der Waals surface area contributed by atoms with E-state index < -0.39 is 8.07 Å². The van der Waals surface area contributed by atoms with Crippen molar-refractivity contribution in [3.63, 3.8) is 0 Å². The van der Waals surface area contributed by atoms with E-state index in [2.05, 4.69) is 120 Å². The largest absolute Gasteiger partial charge is 0.311 e. The first kappa shape index (κ1) is 33.9. The van der Waals surface area contributed by atoms with Crippen molar-refractivity contribution in [1.82, 2.24) is 19.5 Å². The van der Waals surface area contributed by atoms with Crippen LogP contribution in [-0.4, -0.2) is 27.6 Å². The van der Waals surface area contributed by atoms with Gasteiger partial charge in [0.05, 0.1) is 33.9 Å². The number of aromatic nitrogens is 4. The lowest BCUT2D eigenvalue weighted by atomic mass is 10.0. The molecule has 0 radical (unpaired) electrons. The van der Waals surface area contributed by atoms with Gasteiger partial charge in [0.15, 0.2) is 17.5 Å². The topological polar surface area (TPSA) is 94.4 Å². The molecular weight excluding hydrogens is 715 g/mol. The number of anilines is 3. The molecule has 3 heterocycles. The zero-order valence-electron chi connectivity index (χ0n) is 31.2. The number of para-hydroxylation sites is 3. The van der Waals surface area contributed by atoms with Gasteiger partial charge in [-0.15, -0.1) is 0 Å². The van der Waals surface area contributed by atoms with Crippen LogP contribution in [0.4, 0.5) is 17.1 Å². The monoisotopic (exact) mass is 747 g/mol. The molecule has 7 aromatic carbocycles. The molecule has 0 aliphatic carbocycles. The lowest BCUT2D eigenvalue weighted by Gasteiger charge is -2.41. The number of nitriles is 2. The SMILES string of the molecule is C[Si]1(C)c2ccccc2N(c2ccccc2)c2cc3c4ccccc4n(-c4cc(C#N)c(-c5nc(-c6ccccc6)nc(-c6ccccc6)n5)cc4C#N)c3cc21. The summed E-state index contributed by atoms with van der Waals surface area (Å²) >= 11 is 0. The number of hydrogen-bond acceptors (Lipinski definition) is 6. The second-order valence-corrected chi connectivity index (χ2v) is 19.1. The van der Waals surface area contributed by atoms with Crippen LogP contribution in [0, 0.1) is 22.7 Å². The van der Waals surface area contributed by atoms with E-state index in [1.807, 2.05) is 72.8 Å². The van der Waals surface area contributed by atoms with Gasteiger partial charge in [-0.2, -0.15) is 10.5 Å². The fourth-order valence-electron chi connectivity index (χ4n) is 8.35. The first-order chi connectivity index (χ1) is 27.9. The van der Waals surface area contributed by atoms with Gasteiger partial charge in [-0.05, 0) is 58.9 Å². The summed E-state index contributed by atoms with van der Waals surface area (Å²) in [6.07, 6.45) is 0. The summed E-state index contributed by atoms with van der Waals surface area (Å²) in [5.74, 6) is 1.29. The number of benzene rings is 7. The van der Waals surface area contributed by atoms with Crippen LogP contribution in [0.3, 0.4) is 0 Å². The van der Waals surface area contributed by atoms with E-state index in [1.165, 1.54) is 21.7 Å². The van der Waals surface area contributed by atoms with Gasteiger partial charge < -0.3 is 9.47 Å². The van der Waals surface area contributed by atoms with Crippen LogP contribution in [0.15, 0.2) is 164 Å². The molecule has 0 fully saturated rings. The molecule has 0 atom stereocenters. The summed E-state index contributed by atoms with van der Waals surface area (Å²) in [5, 5.41) is 26.5. The van der Waals surface area contributed by atoms with Gasteiger partial charge in [-0.1, -0.05) is 128 Å². The number of fused-ring (bicyclic) bond motifs is 5. The first-order valence-electron chi connectivity index (χ1n) is 18.8. The quantitative estimate of drug-likeness (QED) is 0.163. The summed E-state index contributed by atoms with van der Waals surface area (Å²) < 4.78 is 2.16. The van der Waals surface area contributed by atoms with E-state index in [1.54, 1.807) is 6.07 Å². The molecule has 2 aromatic heterocycles. The Balaban J connectivity index is 1.22. The Morgan fingerprint density at radius 3 is 1.72 bits per heavy atom. The minimum absolute atomic E-state index is 0.325. The Morgan fingerprint density at radius 2 is 1.05 bits per heavy atom. The van der Waals surface area contributed by atoms with Gasteiger partial charge in [0, 0.05) is 44.5 Å². The van der Waals surface area contributed by atoms with Crippen LogP contribution in [0.2, 0.25) is 13.1 Å². The van der Waals surface area contributed by atoms with E-state index in [0.717, 1.165) is 38.6 Å². The fraction of sp³-hybridized carbons (Fsp3) is 0.0408. The molecule has 10 rings (SSSR count). The smallest absolute Gasteiger partial charge is 0.165 e. The normalized spacial score (nSPS) is 12.8. The third-order valence-corrected chi connectivity index (χ3v) is 14.6. The van der Waals surface area contributed by atoms with Crippen LogP contribution in [-0.2, 0) is 0 Å². The van der Waals surface area contributed by atoms with Crippen LogP contribution in [0.1, 0.15) is 11.1 Å². The van der Waals surface area contributed by atoms with Crippen molar-refractivity contribution in [2.24, 2.45) is 0 Å². The zero-order valence-corrected chi connectivity index (χ0v) is 32.2. The molecule has 1 aliphatic rings. The molecule has 9 aromatic rings. The molecule has 0 saturated heterocycles. The summed E-state index contributed by atoms with van der Waals surface area (Å²) in [7, 11) is -2.25. The highest BCUT2D eigenvalue weighted by Gasteiger charge is 2.39. The predicted octanol–water partition coefficient (Wildman–Crippen LogP) is 10.3. The van der Waals surface area contributed by atoms with E-state index in [0.29, 0.717) is 39.9 Å². The predicted molar refractivity (Wildman–Crippen MR) is 231 cm³/mol. The van der Waals surface area contributed by atoms with Gasteiger partial charge >= 0.3 is 0 Å². The highest BCUT2D eigenvalue weighted by Crippen LogP contribution is 2.43. The first-order valence-corrected chi connectivity index (χ1v) is 21.8. The maximum atomic E-state index is 10.9. The van der Waals surface area contributed by atoms with Crippen molar-refractivity contribution in [3.05, 3.63) is 175 Å². The fourth-order valence-corrected chi connectivity index (χ4v) is 11.3. The second-order valence-electron chi connectivity index (χ2n) is 14.7. The Kier molecular flexibility index (Phi) is 7.89. The Bertz CT molecular complexity index is 3070. The van der Waals surface area contributed by atoms with Crippen LogP contribution in [0.5, 0.6) is 0 Å². The van der Waals surface area contributed by atoms with Crippen molar-refractivity contribution in [1.29, 1.82) is 10.5 Å². The number of hydrogen-bond donors (Lipinski definition) is 0. The van der Waals surface area contributed by atoms with Crippen LogP contribution in [0.25, 0.3) is 61.7 Å². The highest BCUT2D eigenvalue weighted by atomic mass is 28.3. The second kappa shape index (κ2) is 13.3. The zero-order chi connectivity index (χ0) is 38.7. The third-order valence-electron chi connectivity index (χ3n) is 11.1. The molecule has 7 nitrogen and oxygen atoms in total. The molecule has 0 amide bonds. The van der Waals surface area contributed by atoms with Crippen LogP contribution >= 0.6 is 0 Å². The van der Waals surface area contributed by atoms with Crippen molar-refractivity contribution >= 4 is 57.3 Å². The number of rotatable bonds is 5.